The predicted octanol–water partition coefficient (Wildman–Crippen LogP) is 4.54. The molecule has 0 saturated carbocycles. The number of halogens is 1. The molecule has 6 nitrogen and oxygen atoms in total. The number of ether oxygens (including phenoxy) is 2. The number of hydrogen-bond donors (Lipinski definition) is 2. The Kier molecular flexibility index (Phi) is 4.62. The van der Waals surface area contributed by atoms with Crippen LogP contribution in [0.5, 0.6) is 11.5 Å². The summed E-state index contributed by atoms with van der Waals surface area (Å²) in [6, 6.07) is 11.8. The van der Waals surface area contributed by atoms with E-state index in [4.69, 9.17) is 21.7 Å². The second-order valence-corrected chi connectivity index (χ2v) is 8.60. The number of pyridine rings is 1. The highest BCUT2D eigenvalue weighted by atomic mass is 127. The Morgan fingerprint density at radius 1 is 1.14 bits per heavy atom. The Hall–Kier alpha value is -2.33. The fraction of sp³-hybridized carbons (Fsp3) is 0.238. The van der Waals surface area contributed by atoms with Crippen molar-refractivity contribution in [2.45, 2.75) is 25.9 Å². The molecular formula is C21H19IN4O2S. The summed E-state index contributed by atoms with van der Waals surface area (Å²) in [4.78, 5) is 10.3. The number of fused-ring (bicyclic) bond motifs is 1. The van der Waals surface area contributed by atoms with Crippen LogP contribution in [0.15, 0.2) is 42.6 Å². The second-order valence-electron chi connectivity index (χ2n) is 7.14. The Bertz CT molecular complexity index is 1100. The third-order valence-corrected chi connectivity index (χ3v) is 7.08. The van der Waals surface area contributed by atoms with Crippen LogP contribution in [0.3, 0.4) is 0 Å². The SMILES string of the molecule is Cc1[nH]c(C)c([C@H]2[C@@H](c3ccccn3)NC(=S)N2c2ccc3c(c2)OCO3)c1I. The van der Waals surface area contributed by atoms with Gasteiger partial charge in [-0.05, 0) is 72.9 Å². The summed E-state index contributed by atoms with van der Waals surface area (Å²) in [6.45, 7) is 4.45. The van der Waals surface area contributed by atoms with Gasteiger partial charge in [0.25, 0.3) is 0 Å². The van der Waals surface area contributed by atoms with Gasteiger partial charge in [-0.3, -0.25) is 4.98 Å². The lowest BCUT2D eigenvalue weighted by atomic mass is 9.96. The Morgan fingerprint density at radius 3 is 2.69 bits per heavy atom. The number of H-pyrrole nitrogens is 1. The van der Waals surface area contributed by atoms with Crippen LogP contribution in [0.1, 0.15) is 34.7 Å². The highest BCUT2D eigenvalue weighted by Gasteiger charge is 2.43. The van der Waals surface area contributed by atoms with Crippen molar-refractivity contribution in [2.24, 2.45) is 0 Å². The third kappa shape index (κ3) is 3.05. The maximum absolute atomic E-state index is 5.80. The number of hydrogen-bond acceptors (Lipinski definition) is 4. The van der Waals surface area contributed by atoms with Crippen molar-refractivity contribution in [2.75, 3.05) is 11.7 Å². The molecule has 0 spiro atoms. The number of aromatic nitrogens is 2. The first-order valence-electron chi connectivity index (χ1n) is 9.29. The van der Waals surface area contributed by atoms with Gasteiger partial charge in [-0.15, -0.1) is 0 Å². The van der Waals surface area contributed by atoms with E-state index in [2.05, 4.69) is 56.6 Å². The van der Waals surface area contributed by atoms with Crippen molar-refractivity contribution < 1.29 is 9.47 Å². The number of aryl methyl sites for hydroxylation is 2. The molecule has 3 aromatic rings. The lowest BCUT2D eigenvalue weighted by Crippen LogP contribution is -2.29. The second kappa shape index (κ2) is 7.17. The van der Waals surface area contributed by atoms with Crippen molar-refractivity contribution >= 4 is 45.6 Å². The van der Waals surface area contributed by atoms with Crippen LogP contribution in [-0.2, 0) is 0 Å². The summed E-state index contributed by atoms with van der Waals surface area (Å²) in [5, 5.41) is 4.17. The van der Waals surface area contributed by atoms with Gasteiger partial charge in [0, 0.05) is 38.5 Å². The first-order chi connectivity index (χ1) is 14.0. The van der Waals surface area contributed by atoms with E-state index < -0.39 is 0 Å². The van der Waals surface area contributed by atoms with E-state index >= 15 is 0 Å². The van der Waals surface area contributed by atoms with Crippen molar-refractivity contribution in [3.05, 3.63) is 68.8 Å². The molecule has 2 atom stereocenters. The normalized spacial score (nSPS) is 20.2. The lowest BCUT2D eigenvalue weighted by molar-refractivity contribution is 0.174. The number of aromatic amines is 1. The van der Waals surface area contributed by atoms with Crippen molar-refractivity contribution in [1.82, 2.24) is 15.3 Å². The monoisotopic (exact) mass is 518 g/mol. The molecule has 0 amide bonds. The quantitative estimate of drug-likeness (QED) is 0.393. The average Bonchev–Trinajstić information content (AvgIpc) is 3.38. The highest BCUT2D eigenvalue weighted by molar-refractivity contribution is 14.1. The molecule has 1 aromatic carbocycles. The zero-order valence-electron chi connectivity index (χ0n) is 15.9. The number of benzene rings is 1. The molecule has 2 aliphatic rings. The zero-order chi connectivity index (χ0) is 20.1. The standard InChI is InChI=1S/C21H19IN4O2S/c1-11-17(18(22)12(2)24-11)20-19(14-5-3-4-8-23-14)25-21(29)26(20)13-6-7-15-16(9-13)28-10-27-15/h3-9,19-20,24H,10H2,1-2H3,(H,25,29)/t19-,20+/m1/s1. The molecule has 0 unspecified atom stereocenters. The van der Waals surface area contributed by atoms with Gasteiger partial charge in [0.05, 0.1) is 17.8 Å². The third-order valence-electron chi connectivity index (χ3n) is 5.37. The van der Waals surface area contributed by atoms with Crippen LogP contribution in [0.4, 0.5) is 5.69 Å². The fourth-order valence-electron chi connectivity index (χ4n) is 4.08. The Labute approximate surface area is 187 Å². The topological polar surface area (TPSA) is 62.4 Å². The Morgan fingerprint density at radius 2 is 1.97 bits per heavy atom. The van der Waals surface area contributed by atoms with Crippen LogP contribution < -0.4 is 19.7 Å². The van der Waals surface area contributed by atoms with Crippen molar-refractivity contribution in [3.63, 3.8) is 0 Å². The van der Waals surface area contributed by atoms with Gasteiger partial charge < -0.3 is 24.7 Å². The van der Waals surface area contributed by atoms with E-state index in [9.17, 15) is 0 Å². The molecule has 2 aromatic heterocycles. The highest BCUT2D eigenvalue weighted by Crippen LogP contribution is 2.46. The first-order valence-corrected chi connectivity index (χ1v) is 10.8. The van der Waals surface area contributed by atoms with Gasteiger partial charge in [-0.2, -0.15) is 0 Å². The minimum Gasteiger partial charge on any atom is -0.454 e. The first kappa shape index (κ1) is 18.7. The van der Waals surface area contributed by atoms with Gasteiger partial charge in [-0.25, -0.2) is 0 Å². The van der Waals surface area contributed by atoms with Crippen LogP contribution in [0.25, 0.3) is 0 Å². The van der Waals surface area contributed by atoms with E-state index in [1.807, 2.05) is 42.6 Å². The van der Waals surface area contributed by atoms with E-state index in [1.165, 1.54) is 9.13 Å². The van der Waals surface area contributed by atoms with Gasteiger partial charge in [0.2, 0.25) is 6.79 Å². The number of nitrogens with one attached hydrogen (secondary N) is 2. The molecule has 148 valence electrons. The maximum atomic E-state index is 5.80. The predicted molar refractivity (Wildman–Crippen MR) is 123 cm³/mol. The number of nitrogens with zero attached hydrogens (tertiary/aromatic N) is 2. The molecule has 2 aliphatic heterocycles. The molecule has 0 aliphatic carbocycles. The summed E-state index contributed by atoms with van der Waals surface area (Å²) in [5.74, 6) is 1.50. The summed E-state index contributed by atoms with van der Waals surface area (Å²) >= 11 is 8.22. The molecule has 1 fully saturated rings. The molecule has 2 N–H and O–H groups in total. The maximum Gasteiger partial charge on any atom is 0.231 e. The summed E-state index contributed by atoms with van der Waals surface area (Å²) in [7, 11) is 0. The molecule has 0 bridgehead atoms. The zero-order valence-corrected chi connectivity index (χ0v) is 18.9. The van der Waals surface area contributed by atoms with E-state index in [1.54, 1.807) is 0 Å². The van der Waals surface area contributed by atoms with Crippen molar-refractivity contribution in [3.8, 4) is 11.5 Å². The molecule has 4 heterocycles. The molecule has 1 saturated heterocycles. The average molecular weight is 518 g/mol. The largest absolute Gasteiger partial charge is 0.454 e. The van der Waals surface area contributed by atoms with Crippen LogP contribution in [0, 0.1) is 17.4 Å². The van der Waals surface area contributed by atoms with Crippen LogP contribution >= 0.6 is 34.8 Å². The number of rotatable bonds is 3. The summed E-state index contributed by atoms with van der Waals surface area (Å²) in [6.07, 6.45) is 1.82. The smallest absolute Gasteiger partial charge is 0.231 e. The number of anilines is 1. The fourth-order valence-corrected chi connectivity index (χ4v) is 5.29. The summed E-state index contributed by atoms with van der Waals surface area (Å²) in [5.41, 5.74) is 5.43. The van der Waals surface area contributed by atoms with E-state index in [-0.39, 0.29) is 18.9 Å². The van der Waals surface area contributed by atoms with Gasteiger partial charge in [0.15, 0.2) is 16.6 Å². The minimum atomic E-state index is -0.0726. The molecule has 29 heavy (non-hydrogen) atoms. The summed E-state index contributed by atoms with van der Waals surface area (Å²) < 4.78 is 12.3. The van der Waals surface area contributed by atoms with E-state index in [0.717, 1.165) is 34.3 Å². The van der Waals surface area contributed by atoms with E-state index in [0.29, 0.717) is 5.11 Å². The van der Waals surface area contributed by atoms with Crippen LogP contribution in [-0.4, -0.2) is 21.9 Å². The van der Waals surface area contributed by atoms with Gasteiger partial charge >= 0.3 is 0 Å². The molecule has 8 heteroatoms. The van der Waals surface area contributed by atoms with Crippen LogP contribution in [0.2, 0.25) is 0 Å². The lowest BCUT2D eigenvalue weighted by Gasteiger charge is -2.28. The van der Waals surface area contributed by atoms with Crippen molar-refractivity contribution in [1.29, 1.82) is 0 Å². The van der Waals surface area contributed by atoms with Gasteiger partial charge in [-0.1, -0.05) is 6.07 Å². The minimum absolute atomic E-state index is 0.0466. The Balaban J connectivity index is 1.67. The molecule has 5 rings (SSSR count). The molecular weight excluding hydrogens is 499 g/mol. The molecule has 0 radical (unpaired) electrons. The van der Waals surface area contributed by atoms with Gasteiger partial charge in [0.1, 0.15) is 0 Å². The number of thiocarbonyl (C=S) groups is 1.